The van der Waals surface area contributed by atoms with Crippen LogP contribution in [0.1, 0.15) is 33.7 Å². The molecule has 7 heteroatoms. The molecule has 31 heavy (non-hydrogen) atoms. The van der Waals surface area contributed by atoms with Crippen LogP contribution in [-0.4, -0.2) is 35.3 Å². The van der Waals surface area contributed by atoms with Crippen molar-refractivity contribution in [2.24, 2.45) is 7.05 Å². The summed E-state index contributed by atoms with van der Waals surface area (Å²) in [5.74, 6) is 1.19. The molecule has 158 valence electrons. The van der Waals surface area contributed by atoms with Crippen LogP contribution in [0.15, 0.2) is 71.7 Å². The fourth-order valence-corrected chi connectivity index (χ4v) is 3.94. The first-order chi connectivity index (χ1) is 15.1. The van der Waals surface area contributed by atoms with Crippen LogP contribution >= 0.6 is 0 Å². The number of aryl methyl sites for hydroxylation is 1. The van der Waals surface area contributed by atoms with E-state index >= 15 is 0 Å². The van der Waals surface area contributed by atoms with E-state index < -0.39 is 0 Å². The Bertz CT molecular complexity index is 1170. The zero-order valence-corrected chi connectivity index (χ0v) is 17.1. The van der Waals surface area contributed by atoms with E-state index in [0.717, 1.165) is 11.1 Å². The second kappa shape index (κ2) is 7.92. The minimum absolute atomic E-state index is 0.187. The quantitative estimate of drug-likeness (QED) is 0.654. The van der Waals surface area contributed by atoms with Gasteiger partial charge in [0.25, 0.3) is 11.5 Å². The summed E-state index contributed by atoms with van der Waals surface area (Å²) < 4.78 is 18.8. The third kappa shape index (κ3) is 3.80. The molecule has 3 aromatic rings. The largest absolute Gasteiger partial charge is 0.454 e. The first kappa shape index (κ1) is 19.4. The molecule has 2 atom stereocenters. The Morgan fingerprint density at radius 3 is 2.42 bits per heavy atom. The molecule has 3 heterocycles. The van der Waals surface area contributed by atoms with E-state index in [4.69, 9.17) is 14.2 Å². The van der Waals surface area contributed by atoms with Gasteiger partial charge in [0.1, 0.15) is 12.2 Å². The number of hydrogen-bond donors (Lipinski definition) is 0. The fraction of sp³-hybridized carbons (Fsp3) is 0.250. The fourth-order valence-electron chi connectivity index (χ4n) is 3.94. The Labute approximate surface area is 179 Å². The van der Waals surface area contributed by atoms with Gasteiger partial charge in [-0.15, -0.1) is 0 Å². The molecule has 1 amide bonds. The lowest BCUT2D eigenvalue weighted by atomic mass is 10.0. The summed E-state index contributed by atoms with van der Waals surface area (Å²) in [4.78, 5) is 27.1. The predicted octanol–water partition coefficient (Wildman–Crippen LogP) is 3.07. The molecule has 2 aromatic carbocycles. The smallest absolute Gasteiger partial charge is 0.254 e. The van der Waals surface area contributed by atoms with Crippen LogP contribution in [0.5, 0.6) is 11.5 Å². The van der Waals surface area contributed by atoms with Crippen LogP contribution in [0.3, 0.4) is 0 Å². The number of carbonyl (C=O) groups is 1. The average Bonchev–Trinajstić information content (AvgIpc) is 3.28. The lowest BCUT2D eigenvalue weighted by Crippen LogP contribution is -2.44. The normalized spacial score (nSPS) is 20.0. The van der Waals surface area contributed by atoms with Crippen molar-refractivity contribution >= 4 is 5.91 Å². The standard InChI is InChI=1S/C24H22N2O5/c1-25-10-9-18(12-23(25)27)24(28)26-13-21(16-5-3-2-4-6-16)31-22(14-26)17-7-8-19-20(11-17)30-15-29-19/h2-12,21-22H,13-15H2,1H3/t21-,22+/m0/s1. The number of morpholine rings is 1. The molecule has 0 radical (unpaired) electrons. The molecule has 1 saturated heterocycles. The molecular formula is C24H22N2O5. The second-order valence-corrected chi connectivity index (χ2v) is 7.71. The van der Waals surface area contributed by atoms with Crippen molar-refractivity contribution in [3.8, 4) is 11.5 Å². The first-order valence-electron chi connectivity index (χ1n) is 10.1. The molecule has 0 saturated carbocycles. The molecule has 5 rings (SSSR count). The number of pyridine rings is 1. The van der Waals surface area contributed by atoms with Gasteiger partial charge in [-0.3, -0.25) is 9.59 Å². The highest BCUT2D eigenvalue weighted by Crippen LogP contribution is 2.38. The Morgan fingerprint density at radius 1 is 0.903 bits per heavy atom. The van der Waals surface area contributed by atoms with Gasteiger partial charge in [0.2, 0.25) is 6.79 Å². The summed E-state index contributed by atoms with van der Waals surface area (Å²) in [7, 11) is 1.66. The predicted molar refractivity (Wildman–Crippen MR) is 113 cm³/mol. The van der Waals surface area contributed by atoms with Gasteiger partial charge in [0.05, 0.1) is 13.1 Å². The zero-order valence-electron chi connectivity index (χ0n) is 17.1. The number of ether oxygens (including phenoxy) is 3. The maximum Gasteiger partial charge on any atom is 0.254 e. The molecular weight excluding hydrogens is 396 g/mol. The number of amides is 1. The SMILES string of the molecule is Cn1ccc(C(=O)N2C[C@@H](c3ccccc3)O[C@@H](c3ccc4c(c3)OCO4)C2)cc1=O. The van der Waals surface area contributed by atoms with Crippen LogP contribution in [-0.2, 0) is 11.8 Å². The van der Waals surface area contributed by atoms with Crippen molar-refractivity contribution in [2.75, 3.05) is 19.9 Å². The highest BCUT2D eigenvalue weighted by atomic mass is 16.7. The van der Waals surface area contributed by atoms with Gasteiger partial charge in [-0.25, -0.2) is 0 Å². The highest BCUT2D eigenvalue weighted by molar-refractivity contribution is 5.94. The molecule has 0 aliphatic carbocycles. The van der Waals surface area contributed by atoms with Crippen molar-refractivity contribution in [3.63, 3.8) is 0 Å². The monoisotopic (exact) mass is 418 g/mol. The van der Waals surface area contributed by atoms with Crippen LogP contribution in [0.25, 0.3) is 0 Å². The average molecular weight is 418 g/mol. The van der Waals surface area contributed by atoms with E-state index in [-0.39, 0.29) is 30.5 Å². The van der Waals surface area contributed by atoms with Gasteiger partial charge in [-0.1, -0.05) is 36.4 Å². The number of fused-ring (bicyclic) bond motifs is 1. The van der Waals surface area contributed by atoms with E-state index in [2.05, 4.69) is 0 Å². The maximum absolute atomic E-state index is 13.3. The molecule has 0 N–H and O–H groups in total. The van der Waals surface area contributed by atoms with Crippen molar-refractivity contribution in [1.29, 1.82) is 0 Å². The van der Waals surface area contributed by atoms with Crippen LogP contribution < -0.4 is 15.0 Å². The second-order valence-electron chi connectivity index (χ2n) is 7.71. The number of rotatable bonds is 3. The van der Waals surface area contributed by atoms with Gasteiger partial charge in [0.15, 0.2) is 11.5 Å². The highest BCUT2D eigenvalue weighted by Gasteiger charge is 2.33. The molecule has 7 nitrogen and oxygen atoms in total. The van der Waals surface area contributed by atoms with E-state index in [1.165, 1.54) is 10.6 Å². The first-order valence-corrected chi connectivity index (χ1v) is 10.1. The molecule has 0 bridgehead atoms. The maximum atomic E-state index is 13.3. The van der Waals surface area contributed by atoms with Gasteiger partial charge in [0, 0.05) is 24.9 Å². The zero-order chi connectivity index (χ0) is 21.4. The summed E-state index contributed by atoms with van der Waals surface area (Å²) in [5, 5.41) is 0. The number of nitrogens with zero attached hydrogens (tertiary/aromatic N) is 2. The number of hydrogen-bond acceptors (Lipinski definition) is 5. The third-order valence-electron chi connectivity index (χ3n) is 5.68. The molecule has 1 aromatic heterocycles. The van der Waals surface area contributed by atoms with Crippen molar-refractivity contribution < 1.29 is 19.0 Å². The lowest BCUT2D eigenvalue weighted by molar-refractivity contribution is -0.0797. The Morgan fingerprint density at radius 2 is 1.65 bits per heavy atom. The van der Waals surface area contributed by atoms with Crippen LogP contribution in [0.2, 0.25) is 0 Å². The topological polar surface area (TPSA) is 70.0 Å². The van der Waals surface area contributed by atoms with Crippen molar-refractivity contribution in [2.45, 2.75) is 12.2 Å². The number of aromatic nitrogens is 1. The van der Waals surface area contributed by atoms with Gasteiger partial charge in [-0.05, 0) is 29.3 Å². The van der Waals surface area contributed by atoms with Gasteiger partial charge in [-0.2, -0.15) is 0 Å². The summed E-state index contributed by atoms with van der Waals surface area (Å²) in [6.07, 6.45) is 0.977. The summed E-state index contributed by atoms with van der Waals surface area (Å²) in [6, 6.07) is 18.6. The number of benzene rings is 2. The number of carbonyl (C=O) groups excluding carboxylic acids is 1. The van der Waals surface area contributed by atoms with Gasteiger partial charge < -0.3 is 23.7 Å². The Balaban J connectivity index is 1.48. The van der Waals surface area contributed by atoms with Crippen LogP contribution in [0, 0.1) is 0 Å². The lowest BCUT2D eigenvalue weighted by Gasteiger charge is -2.38. The van der Waals surface area contributed by atoms with E-state index in [1.807, 2.05) is 48.5 Å². The van der Waals surface area contributed by atoms with E-state index in [1.54, 1.807) is 24.2 Å². The molecule has 0 spiro atoms. The molecule has 1 fully saturated rings. The van der Waals surface area contributed by atoms with Crippen LogP contribution in [0.4, 0.5) is 0 Å². The third-order valence-corrected chi connectivity index (χ3v) is 5.68. The minimum Gasteiger partial charge on any atom is -0.454 e. The van der Waals surface area contributed by atoms with E-state index in [0.29, 0.717) is 30.2 Å². The van der Waals surface area contributed by atoms with Crippen molar-refractivity contribution in [1.82, 2.24) is 9.47 Å². The van der Waals surface area contributed by atoms with Crippen molar-refractivity contribution in [3.05, 3.63) is 93.9 Å². The summed E-state index contributed by atoms with van der Waals surface area (Å²) >= 11 is 0. The summed E-state index contributed by atoms with van der Waals surface area (Å²) in [6.45, 7) is 0.973. The minimum atomic E-state index is -0.344. The summed E-state index contributed by atoms with van der Waals surface area (Å²) in [5.41, 5.74) is 2.06. The van der Waals surface area contributed by atoms with E-state index in [9.17, 15) is 9.59 Å². The van der Waals surface area contributed by atoms with Gasteiger partial charge >= 0.3 is 0 Å². The molecule has 2 aliphatic heterocycles. The molecule has 2 aliphatic rings. The Hall–Kier alpha value is -3.58. The molecule has 0 unspecified atom stereocenters. The Kier molecular flexibility index (Phi) is 4.95.